The summed E-state index contributed by atoms with van der Waals surface area (Å²) in [6.07, 6.45) is 0. The van der Waals surface area contributed by atoms with Crippen molar-refractivity contribution in [2.45, 2.75) is 6.54 Å². The molecule has 0 spiro atoms. The highest BCUT2D eigenvalue weighted by atomic mass is 16.5. The van der Waals surface area contributed by atoms with E-state index in [-0.39, 0.29) is 0 Å². The van der Waals surface area contributed by atoms with Crippen molar-refractivity contribution < 1.29 is 4.74 Å². The van der Waals surface area contributed by atoms with Gasteiger partial charge in [0.1, 0.15) is 6.61 Å². The van der Waals surface area contributed by atoms with Gasteiger partial charge in [-0.2, -0.15) is 5.10 Å². The summed E-state index contributed by atoms with van der Waals surface area (Å²) in [5.41, 5.74) is 0. The maximum atomic E-state index is 5.24. The van der Waals surface area contributed by atoms with Gasteiger partial charge in [0.25, 0.3) is 0 Å². The molecule has 1 N–H and O–H groups in total. The van der Waals surface area contributed by atoms with Crippen LogP contribution >= 0.6 is 0 Å². The fourth-order valence-corrected chi connectivity index (χ4v) is 1.03. The third-order valence-corrected chi connectivity index (χ3v) is 1.55. The molecule has 0 saturated carbocycles. The molecule has 2 heterocycles. The van der Waals surface area contributed by atoms with Gasteiger partial charge in [-0.25, -0.2) is 4.68 Å². The lowest BCUT2D eigenvalue weighted by Gasteiger charge is -1.90. The number of anilines is 1. The number of nitrogens with zero attached hydrogens (tertiary/aromatic N) is 2. The van der Waals surface area contributed by atoms with Crippen molar-refractivity contribution >= 4 is 5.82 Å². The van der Waals surface area contributed by atoms with Gasteiger partial charge in [-0.1, -0.05) is 0 Å². The molecule has 1 aromatic rings. The average molecular weight is 139 g/mol. The van der Waals surface area contributed by atoms with E-state index < -0.39 is 0 Å². The fourth-order valence-electron chi connectivity index (χ4n) is 1.03. The predicted molar refractivity (Wildman–Crippen MR) is 37.3 cm³/mol. The van der Waals surface area contributed by atoms with Gasteiger partial charge in [0.05, 0.1) is 6.54 Å². The molecule has 0 unspecified atom stereocenters. The smallest absolute Gasteiger partial charge is 0.214 e. The lowest BCUT2D eigenvalue weighted by molar-refractivity contribution is 0.357. The number of hydrogen-bond donors (Lipinski definition) is 1. The van der Waals surface area contributed by atoms with E-state index in [1.54, 1.807) is 0 Å². The first-order valence-electron chi connectivity index (χ1n) is 3.28. The molecule has 0 aromatic carbocycles. The van der Waals surface area contributed by atoms with Crippen LogP contribution < -0.4 is 10.1 Å². The van der Waals surface area contributed by atoms with Crippen molar-refractivity contribution in [3.8, 4) is 5.88 Å². The second-order valence-corrected chi connectivity index (χ2v) is 2.19. The van der Waals surface area contributed by atoms with E-state index in [9.17, 15) is 0 Å². The molecule has 0 atom stereocenters. The molecule has 10 heavy (non-hydrogen) atoms. The summed E-state index contributed by atoms with van der Waals surface area (Å²) >= 11 is 0. The van der Waals surface area contributed by atoms with Crippen LogP contribution in [0, 0.1) is 0 Å². The first kappa shape index (κ1) is 5.58. The Labute approximate surface area is 58.8 Å². The van der Waals surface area contributed by atoms with Crippen LogP contribution in [0.2, 0.25) is 0 Å². The number of aromatic nitrogens is 2. The van der Waals surface area contributed by atoms with Gasteiger partial charge in [-0.3, -0.25) is 0 Å². The minimum absolute atomic E-state index is 0.756. The second-order valence-electron chi connectivity index (χ2n) is 2.19. The highest BCUT2D eigenvalue weighted by Crippen LogP contribution is 2.20. The summed E-state index contributed by atoms with van der Waals surface area (Å²) < 4.78 is 7.09. The molecule has 54 valence electrons. The highest BCUT2D eigenvalue weighted by Gasteiger charge is 2.13. The molecular formula is C6H9N3O. The topological polar surface area (TPSA) is 39.1 Å². The number of nitrogens with one attached hydrogen (secondary N) is 1. The number of hydrogen-bond acceptors (Lipinski definition) is 3. The molecule has 0 bridgehead atoms. The fraction of sp³-hybridized carbons (Fsp3) is 0.500. The van der Waals surface area contributed by atoms with Crippen LogP contribution in [0.5, 0.6) is 5.88 Å². The summed E-state index contributed by atoms with van der Waals surface area (Å²) in [7, 11) is 1.85. The lowest BCUT2D eigenvalue weighted by atomic mass is 10.6. The number of ether oxygens (including phenoxy) is 1. The van der Waals surface area contributed by atoms with Gasteiger partial charge < -0.3 is 10.1 Å². The molecular weight excluding hydrogens is 130 g/mol. The van der Waals surface area contributed by atoms with Gasteiger partial charge in [-0.05, 0) is 0 Å². The average Bonchev–Trinajstić information content (AvgIpc) is 2.42. The van der Waals surface area contributed by atoms with E-state index in [1.807, 2.05) is 17.8 Å². The Hall–Kier alpha value is -1.19. The van der Waals surface area contributed by atoms with Crippen LogP contribution in [0.4, 0.5) is 5.82 Å². The van der Waals surface area contributed by atoms with Crippen molar-refractivity contribution in [2.24, 2.45) is 0 Å². The van der Waals surface area contributed by atoms with Crippen LogP contribution in [0.15, 0.2) is 6.07 Å². The zero-order valence-corrected chi connectivity index (χ0v) is 5.79. The third-order valence-electron chi connectivity index (χ3n) is 1.55. The van der Waals surface area contributed by atoms with Crippen molar-refractivity contribution in [3.63, 3.8) is 0 Å². The SMILES string of the molecule is CNc1cc2n(n1)CCO2. The van der Waals surface area contributed by atoms with E-state index in [0.717, 1.165) is 24.8 Å². The van der Waals surface area contributed by atoms with Crippen molar-refractivity contribution in [1.82, 2.24) is 9.78 Å². The Balaban J connectivity index is 2.37. The summed E-state index contributed by atoms with van der Waals surface area (Å²) in [6, 6.07) is 1.90. The van der Waals surface area contributed by atoms with Crippen LogP contribution in [0.25, 0.3) is 0 Å². The Kier molecular flexibility index (Phi) is 1.06. The molecule has 0 aliphatic carbocycles. The van der Waals surface area contributed by atoms with E-state index in [4.69, 9.17) is 4.74 Å². The molecule has 0 amide bonds. The first-order chi connectivity index (χ1) is 4.90. The van der Waals surface area contributed by atoms with Gasteiger partial charge in [0.15, 0.2) is 5.82 Å². The van der Waals surface area contributed by atoms with E-state index in [2.05, 4.69) is 10.4 Å². The minimum atomic E-state index is 0.756. The Morgan fingerprint density at radius 3 is 3.40 bits per heavy atom. The van der Waals surface area contributed by atoms with Crippen molar-refractivity contribution in [2.75, 3.05) is 19.0 Å². The van der Waals surface area contributed by atoms with Crippen molar-refractivity contribution in [3.05, 3.63) is 6.07 Å². The predicted octanol–water partition coefficient (Wildman–Crippen LogP) is 0.317. The summed E-state index contributed by atoms with van der Waals surface area (Å²) in [5.74, 6) is 1.74. The highest BCUT2D eigenvalue weighted by molar-refractivity contribution is 5.38. The lowest BCUT2D eigenvalue weighted by Crippen LogP contribution is -1.97. The molecule has 1 aliphatic rings. The number of fused-ring (bicyclic) bond motifs is 1. The molecule has 1 aliphatic heterocycles. The Bertz CT molecular complexity index is 222. The summed E-state index contributed by atoms with van der Waals surface area (Å²) in [6.45, 7) is 1.63. The van der Waals surface area contributed by atoms with E-state index >= 15 is 0 Å². The number of rotatable bonds is 1. The van der Waals surface area contributed by atoms with E-state index in [0.29, 0.717) is 0 Å². The quantitative estimate of drug-likeness (QED) is 0.609. The van der Waals surface area contributed by atoms with Crippen LogP contribution in [-0.2, 0) is 6.54 Å². The maximum Gasteiger partial charge on any atom is 0.214 e. The summed E-state index contributed by atoms with van der Waals surface area (Å²) in [5, 5.41) is 7.13. The zero-order chi connectivity index (χ0) is 6.97. The van der Waals surface area contributed by atoms with Crippen LogP contribution in [0.1, 0.15) is 0 Å². The zero-order valence-electron chi connectivity index (χ0n) is 5.79. The third kappa shape index (κ3) is 0.650. The monoisotopic (exact) mass is 139 g/mol. The standard InChI is InChI=1S/C6H9N3O/c1-7-5-4-6-9(8-5)2-3-10-6/h4H,2-3H2,1H3,(H,7,8). The first-order valence-corrected chi connectivity index (χ1v) is 3.28. The van der Waals surface area contributed by atoms with Gasteiger partial charge in [0.2, 0.25) is 5.88 Å². The normalized spacial score (nSPS) is 14.5. The van der Waals surface area contributed by atoms with Gasteiger partial charge in [0, 0.05) is 13.1 Å². The second kappa shape index (κ2) is 1.90. The Morgan fingerprint density at radius 1 is 1.80 bits per heavy atom. The van der Waals surface area contributed by atoms with Gasteiger partial charge in [-0.15, -0.1) is 0 Å². The molecule has 4 nitrogen and oxygen atoms in total. The molecule has 0 radical (unpaired) electrons. The van der Waals surface area contributed by atoms with Crippen molar-refractivity contribution in [1.29, 1.82) is 0 Å². The molecule has 0 saturated heterocycles. The molecule has 2 rings (SSSR count). The molecule has 0 fully saturated rings. The minimum Gasteiger partial charge on any atom is -0.476 e. The van der Waals surface area contributed by atoms with Crippen LogP contribution in [0.3, 0.4) is 0 Å². The summed E-state index contributed by atoms with van der Waals surface area (Å²) in [4.78, 5) is 0. The van der Waals surface area contributed by atoms with E-state index in [1.165, 1.54) is 0 Å². The largest absolute Gasteiger partial charge is 0.476 e. The molecule has 1 aromatic heterocycles. The molecule has 4 heteroatoms. The van der Waals surface area contributed by atoms with Gasteiger partial charge >= 0.3 is 0 Å². The van der Waals surface area contributed by atoms with Crippen LogP contribution in [-0.4, -0.2) is 23.4 Å². The Morgan fingerprint density at radius 2 is 2.70 bits per heavy atom. The maximum absolute atomic E-state index is 5.24.